The highest BCUT2D eigenvalue weighted by Gasteiger charge is 2.38. The van der Waals surface area contributed by atoms with Crippen molar-refractivity contribution in [3.05, 3.63) is 11.8 Å². The van der Waals surface area contributed by atoms with Crippen LogP contribution in [0.4, 0.5) is 4.79 Å². The highest BCUT2D eigenvalue weighted by molar-refractivity contribution is 5.87. The Kier molecular flexibility index (Phi) is 8.09. The van der Waals surface area contributed by atoms with E-state index in [1.54, 1.807) is 13.8 Å². The summed E-state index contributed by atoms with van der Waals surface area (Å²) in [5.74, 6) is -0.887. The number of hydrogen-bond acceptors (Lipinski definition) is 7. The molecule has 0 radical (unpaired) electrons. The van der Waals surface area contributed by atoms with Gasteiger partial charge in [0.15, 0.2) is 0 Å². The van der Waals surface area contributed by atoms with E-state index >= 15 is 0 Å². The van der Waals surface area contributed by atoms with Crippen LogP contribution in [-0.2, 0) is 29.1 Å². The maximum atomic E-state index is 11.6. The van der Waals surface area contributed by atoms with Gasteiger partial charge in [-0.25, -0.2) is 14.6 Å². The lowest BCUT2D eigenvalue weighted by atomic mass is 9.75. The fourth-order valence-electron chi connectivity index (χ4n) is 1.15. The number of carbonyl (C=O) groups is 2. The maximum Gasteiger partial charge on any atom is 0.550 e. The maximum absolute atomic E-state index is 11.6. The fraction of sp³-hybridized carbons (Fsp3) is 0.750. The summed E-state index contributed by atoms with van der Waals surface area (Å²) in [5, 5.41) is 0. The molecule has 134 valence electrons. The van der Waals surface area contributed by atoms with Gasteiger partial charge in [0.2, 0.25) is 0 Å². The van der Waals surface area contributed by atoms with Gasteiger partial charge in [-0.3, -0.25) is 0 Å². The van der Waals surface area contributed by atoms with Crippen LogP contribution >= 0.6 is 0 Å². The average Bonchev–Trinajstić information content (AvgIpc) is 2.43. The Morgan fingerprint density at radius 1 is 1.09 bits per heavy atom. The van der Waals surface area contributed by atoms with Gasteiger partial charge in [-0.1, -0.05) is 20.8 Å². The predicted octanol–water partition coefficient (Wildman–Crippen LogP) is 4.07. The van der Waals surface area contributed by atoms with Gasteiger partial charge in [-0.15, -0.1) is 0 Å². The third-order valence-corrected chi connectivity index (χ3v) is 3.83. The Morgan fingerprint density at radius 2 is 1.65 bits per heavy atom. The van der Waals surface area contributed by atoms with E-state index in [-0.39, 0.29) is 17.1 Å². The van der Waals surface area contributed by atoms with Gasteiger partial charge in [0.1, 0.15) is 11.9 Å². The quantitative estimate of drug-likeness (QED) is 0.228. The van der Waals surface area contributed by atoms with Gasteiger partial charge in [0, 0.05) is 0 Å². The Bertz CT molecular complexity index is 436. The smallest absolute Gasteiger partial charge is 0.429 e. The zero-order valence-corrected chi connectivity index (χ0v) is 15.2. The lowest BCUT2D eigenvalue weighted by molar-refractivity contribution is -0.342. The third kappa shape index (κ3) is 7.36. The van der Waals surface area contributed by atoms with E-state index < -0.39 is 17.7 Å². The molecule has 0 saturated carbocycles. The lowest BCUT2D eigenvalue weighted by Gasteiger charge is -2.38. The molecule has 0 aliphatic carbocycles. The molecule has 0 amide bonds. The highest BCUT2D eigenvalue weighted by atomic mass is 17.2. The normalized spacial score (nSPS) is 12.8. The fourth-order valence-corrected chi connectivity index (χ4v) is 1.15. The van der Waals surface area contributed by atoms with E-state index in [2.05, 4.69) is 35.3 Å². The molecule has 0 atom stereocenters. The van der Waals surface area contributed by atoms with E-state index in [1.807, 2.05) is 13.8 Å². The van der Waals surface area contributed by atoms with Crippen molar-refractivity contribution in [1.29, 1.82) is 0 Å². The van der Waals surface area contributed by atoms with Crippen molar-refractivity contribution in [3.63, 3.8) is 0 Å². The second-order valence-electron chi connectivity index (χ2n) is 6.60. The number of carbonyl (C=O) groups excluding carboxylic acids is 2. The molecular formula is C16H28O7. The summed E-state index contributed by atoms with van der Waals surface area (Å²) in [6.45, 7) is 14.6. The van der Waals surface area contributed by atoms with Crippen LogP contribution in [-0.4, -0.2) is 23.8 Å². The largest absolute Gasteiger partial charge is 0.550 e. The van der Waals surface area contributed by atoms with E-state index in [0.717, 1.165) is 12.7 Å². The monoisotopic (exact) mass is 332 g/mol. The molecule has 0 aromatic carbocycles. The molecule has 23 heavy (non-hydrogen) atoms. The van der Waals surface area contributed by atoms with Crippen molar-refractivity contribution in [2.45, 2.75) is 73.5 Å². The first-order valence-corrected chi connectivity index (χ1v) is 7.53. The Morgan fingerprint density at radius 3 is 2.13 bits per heavy atom. The first-order chi connectivity index (χ1) is 10.4. The van der Waals surface area contributed by atoms with Crippen LogP contribution < -0.4 is 0 Å². The summed E-state index contributed by atoms with van der Waals surface area (Å²) in [5.41, 5.74) is -0.633. The van der Waals surface area contributed by atoms with Gasteiger partial charge < -0.3 is 9.62 Å². The zero-order valence-electron chi connectivity index (χ0n) is 15.2. The molecule has 0 aliphatic heterocycles. The number of hydrogen-bond donors (Lipinski definition) is 0. The molecule has 0 fully saturated rings. The number of rotatable bonds is 7. The lowest BCUT2D eigenvalue weighted by Crippen LogP contribution is -2.40. The third-order valence-electron chi connectivity index (χ3n) is 3.83. The molecule has 0 rings (SSSR count). The van der Waals surface area contributed by atoms with Crippen LogP contribution in [0.2, 0.25) is 0 Å². The predicted molar refractivity (Wildman–Crippen MR) is 82.9 cm³/mol. The summed E-state index contributed by atoms with van der Waals surface area (Å²) < 4.78 is 4.64. The molecule has 7 nitrogen and oxygen atoms in total. The first kappa shape index (κ1) is 21.2. The minimum Gasteiger partial charge on any atom is -0.429 e. The first-order valence-electron chi connectivity index (χ1n) is 7.53. The molecule has 0 bridgehead atoms. The van der Waals surface area contributed by atoms with Gasteiger partial charge in [0.25, 0.3) is 0 Å². The minimum atomic E-state index is -1.09. The molecule has 0 saturated heterocycles. The van der Waals surface area contributed by atoms with Crippen molar-refractivity contribution < 1.29 is 33.9 Å². The molecule has 0 aromatic rings. The van der Waals surface area contributed by atoms with Gasteiger partial charge in [-0.2, -0.15) is 9.68 Å². The molecule has 0 spiro atoms. The van der Waals surface area contributed by atoms with Crippen molar-refractivity contribution >= 4 is 12.1 Å². The van der Waals surface area contributed by atoms with Crippen molar-refractivity contribution in [3.8, 4) is 0 Å². The second kappa shape index (κ2) is 8.76. The molecule has 0 aromatic heterocycles. The average molecular weight is 332 g/mol. The van der Waals surface area contributed by atoms with E-state index in [4.69, 9.17) is 9.78 Å². The summed E-state index contributed by atoms with van der Waals surface area (Å²) in [7, 11) is 0. The zero-order chi connectivity index (χ0) is 18.3. The minimum absolute atomic E-state index is 0.0625. The molecule has 0 N–H and O–H groups in total. The van der Waals surface area contributed by atoms with E-state index in [9.17, 15) is 9.59 Å². The SMILES string of the molecule is CCC(C)(C)C(C)(C)OOC=C(C)C(=O)OOC(=O)OC(C)C. The van der Waals surface area contributed by atoms with Crippen LogP contribution in [0, 0.1) is 5.41 Å². The van der Waals surface area contributed by atoms with Crippen LogP contribution in [0.25, 0.3) is 0 Å². The summed E-state index contributed by atoms with van der Waals surface area (Å²) >= 11 is 0. The van der Waals surface area contributed by atoms with Crippen LogP contribution in [0.5, 0.6) is 0 Å². The van der Waals surface area contributed by atoms with Gasteiger partial charge in [-0.05, 0) is 46.5 Å². The Hall–Kier alpha value is -1.76. The molecule has 0 unspecified atom stereocenters. The van der Waals surface area contributed by atoms with E-state index in [0.29, 0.717) is 0 Å². The molecule has 0 heterocycles. The Labute approximate surface area is 137 Å². The Balaban J connectivity index is 4.40. The standard InChI is InChI=1S/C16H28O7/c1-9-15(5,6)16(7,8)23-19-10-12(4)13(17)21-22-14(18)20-11(2)3/h10-11H,9H2,1-8H3. The van der Waals surface area contributed by atoms with Crippen molar-refractivity contribution in [2.24, 2.45) is 5.41 Å². The molecule has 7 heteroatoms. The molecular weight excluding hydrogens is 304 g/mol. The van der Waals surface area contributed by atoms with Crippen molar-refractivity contribution in [1.82, 2.24) is 0 Å². The highest BCUT2D eigenvalue weighted by Crippen LogP contribution is 2.36. The second-order valence-corrected chi connectivity index (χ2v) is 6.60. The summed E-state index contributed by atoms with van der Waals surface area (Å²) in [6.07, 6.45) is 0.509. The van der Waals surface area contributed by atoms with Crippen LogP contribution in [0.3, 0.4) is 0 Å². The number of ether oxygens (including phenoxy) is 1. The summed E-state index contributed by atoms with van der Waals surface area (Å²) in [6, 6.07) is 0. The van der Waals surface area contributed by atoms with E-state index in [1.165, 1.54) is 6.92 Å². The topological polar surface area (TPSA) is 80.3 Å². The molecule has 0 aliphatic rings. The van der Waals surface area contributed by atoms with Crippen LogP contribution in [0.1, 0.15) is 61.8 Å². The summed E-state index contributed by atoms with van der Waals surface area (Å²) in [4.78, 5) is 41.6. The van der Waals surface area contributed by atoms with Crippen molar-refractivity contribution in [2.75, 3.05) is 0 Å². The van der Waals surface area contributed by atoms with Crippen LogP contribution in [0.15, 0.2) is 11.8 Å². The van der Waals surface area contributed by atoms with Gasteiger partial charge >= 0.3 is 12.1 Å². The van der Waals surface area contributed by atoms with Gasteiger partial charge in [0.05, 0.1) is 11.7 Å².